The van der Waals surface area contributed by atoms with Crippen LogP contribution >= 0.6 is 0 Å². The molecule has 0 saturated heterocycles. The molecule has 0 aliphatic heterocycles. The molecule has 0 atom stereocenters. The van der Waals surface area contributed by atoms with Crippen LogP contribution in [0.2, 0.25) is 0 Å². The van der Waals surface area contributed by atoms with Crippen LogP contribution in [0, 0.1) is 6.92 Å². The first kappa shape index (κ1) is 12.7. The number of nitrogens with one attached hydrogen (secondary N) is 1. The summed E-state index contributed by atoms with van der Waals surface area (Å²) in [5.41, 5.74) is 2.48. The number of hydrogen-bond acceptors (Lipinski definition) is 4. The van der Waals surface area contributed by atoms with Crippen molar-refractivity contribution in [2.45, 2.75) is 33.4 Å². The Kier molecular flexibility index (Phi) is 4.41. The maximum atomic E-state index is 4.05. The van der Waals surface area contributed by atoms with Crippen LogP contribution in [-0.4, -0.2) is 26.8 Å². The molecule has 2 rings (SSSR count). The van der Waals surface area contributed by atoms with Crippen molar-refractivity contribution in [2.75, 3.05) is 6.54 Å². The maximum Gasteiger partial charge on any atom is 0.165 e. The number of aromatic nitrogens is 4. The van der Waals surface area contributed by atoms with Crippen molar-refractivity contribution < 1.29 is 0 Å². The second-order valence-electron chi connectivity index (χ2n) is 4.42. The third-order valence-electron chi connectivity index (χ3n) is 2.73. The van der Waals surface area contributed by atoms with Gasteiger partial charge in [0, 0.05) is 0 Å². The largest absolute Gasteiger partial charge is 0.310 e. The van der Waals surface area contributed by atoms with Gasteiger partial charge in [-0.25, -0.2) is 4.68 Å². The summed E-state index contributed by atoms with van der Waals surface area (Å²) in [4.78, 5) is 0. The summed E-state index contributed by atoms with van der Waals surface area (Å²) in [5.74, 6) is 0.880. The fourth-order valence-corrected chi connectivity index (χ4v) is 1.83. The van der Waals surface area contributed by atoms with Crippen LogP contribution < -0.4 is 5.32 Å². The summed E-state index contributed by atoms with van der Waals surface area (Å²) in [6, 6.07) is 8.40. The van der Waals surface area contributed by atoms with Crippen LogP contribution in [0.25, 0.3) is 0 Å². The smallest absolute Gasteiger partial charge is 0.165 e. The van der Waals surface area contributed by atoms with E-state index in [1.165, 1.54) is 11.1 Å². The Bertz CT molecular complexity index is 492. The number of hydrogen-bond donors (Lipinski definition) is 1. The van der Waals surface area contributed by atoms with E-state index in [0.29, 0.717) is 6.54 Å². The van der Waals surface area contributed by atoms with E-state index >= 15 is 0 Å². The molecule has 0 radical (unpaired) electrons. The van der Waals surface area contributed by atoms with Gasteiger partial charge in [0.15, 0.2) is 5.82 Å². The Labute approximate surface area is 107 Å². The molecule has 1 N–H and O–H groups in total. The van der Waals surface area contributed by atoms with Crippen LogP contribution in [0.3, 0.4) is 0 Å². The maximum absolute atomic E-state index is 4.05. The van der Waals surface area contributed by atoms with Crippen molar-refractivity contribution in [1.82, 2.24) is 25.5 Å². The number of tetrazole rings is 1. The molecule has 0 aliphatic rings. The minimum absolute atomic E-state index is 0.715. The first-order valence-corrected chi connectivity index (χ1v) is 6.31. The Morgan fingerprint density at radius 1 is 1.33 bits per heavy atom. The van der Waals surface area contributed by atoms with Crippen molar-refractivity contribution in [3.8, 4) is 0 Å². The zero-order valence-corrected chi connectivity index (χ0v) is 10.9. The number of aryl methyl sites for hydroxylation is 1. The van der Waals surface area contributed by atoms with Crippen LogP contribution in [0.4, 0.5) is 0 Å². The average Bonchev–Trinajstić information content (AvgIpc) is 2.77. The van der Waals surface area contributed by atoms with Crippen molar-refractivity contribution >= 4 is 0 Å². The first-order valence-electron chi connectivity index (χ1n) is 6.31. The predicted molar refractivity (Wildman–Crippen MR) is 70.1 cm³/mol. The second-order valence-corrected chi connectivity index (χ2v) is 4.42. The van der Waals surface area contributed by atoms with E-state index in [9.17, 15) is 0 Å². The van der Waals surface area contributed by atoms with Gasteiger partial charge >= 0.3 is 0 Å². The molecule has 0 bridgehead atoms. The lowest BCUT2D eigenvalue weighted by Crippen LogP contribution is -2.18. The van der Waals surface area contributed by atoms with E-state index < -0.39 is 0 Å². The van der Waals surface area contributed by atoms with E-state index in [4.69, 9.17) is 0 Å². The Morgan fingerprint density at radius 3 is 3.00 bits per heavy atom. The molecule has 5 heteroatoms. The van der Waals surface area contributed by atoms with E-state index in [1.807, 2.05) is 4.68 Å². The van der Waals surface area contributed by atoms with Gasteiger partial charge in [0.2, 0.25) is 0 Å². The molecular weight excluding hydrogens is 226 g/mol. The van der Waals surface area contributed by atoms with Crippen LogP contribution in [-0.2, 0) is 13.1 Å². The molecular formula is C13H19N5. The van der Waals surface area contributed by atoms with Gasteiger partial charge in [-0.3, -0.25) is 0 Å². The third-order valence-corrected chi connectivity index (χ3v) is 2.73. The van der Waals surface area contributed by atoms with Gasteiger partial charge in [-0.05, 0) is 35.9 Å². The summed E-state index contributed by atoms with van der Waals surface area (Å²) in [6.07, 6.45) is 1.11. The van der Waals surface area contributed by atoms with Crippen molar-refractivity contribution in [2.24, 2.45) is 0 Å². The Morgan fingerprint density at radius 2 is 2.22 bits per heavy atom. The highest BCUT2D eigenvalue weighted by atomic mass is 15.5. The lowest BCUT2D eigenvalue weighted by atomic mass is 10.1. The predicted octanol–water partition coefficient (Wildman–Crippen LogP) is 1.53. The topological polar surface area (TPSA) is 55.6 Å². The van der Waals surface area contributed by atoms with Crippen LogP contribution in [0.5, 0.6) is 0 Å². The summed E-state index contributed by atoms with van der Waals surface area (Å²) in [5, 5.41) is 15.1. The van der Waals surface area contributed by atoms with Crippen LogP contribution in [0.1, 0.15) is 30.3 Å². The highest BCUT2D eigenvalue weighted by Crippen LogP contribution is 2.06. The van der Waals surface area contributed by atoms with Crippen molar-refractivity contribution in [1.29, 1.82) is 0 Å². The molecule has 1 heterocycles. The van der Waals surface area contributed by atoms with E-state index in [2.05, 4.69) is 59.0 Å². The molecule has 2 aromatic rings. The second kappa shape index (κ2) is 6.26. The monoisotopic (exact) mass is 245 g/mol. The highest BCUT2D eigenvalue weighted by molar-refractivity contribution is 5.22. The molecule has 18 heavy (non-hydrogen) atoms. The molecule has 0 spiro atoms. The fraction of sp³-hybridized carbons (Fsp3) is 0.462. The highest BCUT2D eigenvalue weighted by Gasteiger charge is 2.05. The minimum Gasteiger partial charge on any atom is -0.310 e. The molecule has 1 aromatic carbocycles. The molecule has 0 aliphatic carbocycles. The standard InChI is InChI=1S/C13H19N5/c1-3-7-14-9-13-15-16-17-18(13)10-12-6-4-5-11(2)8-12/h4-6,8,14H,3,7,9-10H2,1-2H3. The number of benzene rings is 1. The van der Waals surface area contributed by atoms with Gasteiger partial charge in [0.1, 0.15) is 0 Å². The number of nitrogens with zero attached hydrogens (tertiary/aromatic N) is 4. The SMILES string of the molecule is CCCNCc1nnnn1Cc1cccc(C)c1. The molecule has 0 unspecified atom stereocenters. The van der Waals surface area contributed by atoms with Crippen molar-refractivity contribution in [3.63, 3.8) is 0 Å². The Balaban J connectivity index is 2.03. The lowest BCUT2D eigenvalue weighted by Gasteiger charge is -2.06. The normalized spacial score (nSPS) is 10.8. The van der Waals surface area contributed by atoms with Crippen LogP contribution in [0.15, 0.2) is 24.3 Å². The summed E-state index contributed by atoms with van der Waals surface area (Å²) in [6.45, 7) is 6.65. The lowest BCUT2D eigenvalue weighted by molar-refractivity contribution is 0.577. The molecule has 0 amide bonds. The van der Waals surface area contributed by atoms with Gasteiger partial charge in [-0.2, -0.15) is 0 Å². The Hall–Kier alpha value is -1.75. The molecule has 0 saturated carbocycles. The molecule has 5 nitrogen and oxygen atoms in total. The summed E-state index contributed by atoms with van der Waals surface area (Å²) >= 11 is 0. The molecule has 96 valence electrons. The van der Waals surface area contributed by atoms with Crippen molar-refractivity contribution in [3.05, 3.63) is 41.2 Å². The minimum atomic E-state index is 0.715. The summed E-state index contributed by atoms with van der Waals surface area (Å²) in [7, 11) is 0. The number of rotatable bonds is 6. The molecule has 1 aromatic heterocycles. The van der Waals surface area contributed by atoms with Gasteiger partial charge in [-0.15, -0.1) is 5.10 Å². The third kappa shape index (κ3) is 3.37. The molecule has 0 fully saturated rings. The average molecular weight is 245 g/mol. The van der Waals surface area contributed by atoms with Gasteiger partial charge in [0.25, 0.3) is 0 Å². The quantitative estimate of drug-likeness (QED) is 0.784. The van der Waals surface area contributed by atoms with Gasteiger partial charge in [-0.1, -0.05) is 36.8 Å². The fourth-order valence-electron chi connectivity index (χ4n) is 1.83. The van der Waals surface area contributed by atoms with E-state index in [-0.39, 0.29) is 0 Å². The van der Waals surface area contributed by atoms with E-state index in [0.717, 1.165) is 25.3 Å². The van der Waals surface area contributed by atoms with Gasteiger partial charge < -0.3 is 5.32 Å². The zero-order chi connectivity index (χ0) is 12.8. The zero-order valence-electron chi connectivity index (χ0n) is 10.9. The summed E-state index contributed by atoms with van der Waals surface area (Å²) < 4.78 is 1.84. The first-order chi connectivity index (χ1) is 8.79. The van der Waals surface area contributed by atoms with E-state index in [1.54, 1.807) is 0 Å². The van der Waals surface area contributed by atoms with Gasteiger partial charge in [0.05, 0.1) is 13.1 Å².